The van der Waals surface area contributed by atoms with E-state index in [9.17, 15) is 13.5 Å². The van der Waals surface area contributed by atoms with Crippen molar-refractivity contribution in [3.63, 3.8) is 0 Å². The molecular weight excluding hydrogens is 286 g/mol. The maximum Gasteiger partial charge on any atom is 0.215 e. The van der Waals surface area contributed by atoms with Gasteiger partial charge in [0.25, 0.3) is 0 Å². The van der Waals surface area contributed by atoms with Gasteiger partial charge in [0.15, 0.2) is 0 Å². The van der Waals surface area contributed by atoms with Crippen LogP contribution >= 0.6 is 0 Å². The van der Waals surface area contributed by atoms with Crippen molar-refractivity contribution in [2.45, 2.75) is 79.0 Å². The van der Waals surface area contributed by atoms with Gasteiger partial charge in [0.05, 0.1) is 11.9 Å². The summed E-state index contributed by atoms with van der Waals surface area (Å²) in [5.74, 6) is 0.537. The second-order valence-electron chi connectivity index (χ2n) is 8.14. The Bertz CT molecular complexity index is 490. The highest BCUT2D eigenvalue weighted by atomic mass is 32.2. The van der Waals surface area contributed by atoms with Gasteiger partial charge in [0.2, 0.25) is 10.0 Å². The highest BCUT2D eigenvalue weighted by Gasteiger charge is 2.65. The summed E-state index contributed by atoms with van der Waals surface area (Å²) in [6, 6.07) is -0.101. The van der Waals surface area contributed by atoms with Gasteiger partial charge in [-0.3, -0.25) is 0 Å². The second kappa shape index (κ2) is 5.20. The number of rotatable bonds is 5. The molecule has 4 nitrogen and oxygen atoms in total. The molecule has 3 unspecified atom stereocenters. The Kier molecular flexibility index (Phi) is 4.27. The molecule has 5 heteroatoms. The van der Waals surface area contributed by atoms with Gasteiger partial charge < -0.3 is 5.11 Å². The van der Waals surface area contributed by atoms with E-state index in [2.05, 4.69) is 13.8 Å². The summed E-state index contributed by atoms with van der Waals surface area (Å²) in [6.07, 6.45) is 2.14. The van der Waals surface area contributed by atoms with Gasteiger partial charge in [-0.2, -0.15) is 4.31 Å². The van der Waals surface area contributed by atoms with Crippen molar-refractivity contribution in [1.29, 1.82) is 0 Å². The average Bonchev–Trinajstić information content (AvgIpc) is 2.60. The Hall–Kier alpha value is -0.130. The van der Waals surface area contributed by atoms with Gasteiger partial charge >= 0.3 is 0 Å². The summed E-state index contributed by atoms with van der Waals surface area (Å²) in [7, 11) is -3.38. The number of fused-ring (bicyclic) bond motifs is 2. The van der Waals surface area contributed by atoms with Crippen LogP contribution in [0.15, 0.2) is 0 Å². The molecule has 2 rings (SSSR count). The van der Waals surface area contributed by atoms with Gasteiger partial charge in [-0.1, -0.05) is 13.8 Å². The van der Waals surface area contributed by atoms with Crippen molar-refractivity contribution in [3.8, 4) is 0 Å². The van der Waals surface area contributed by atoms with Crippen LogP contribution in [-0.4, -0.2) is 41.8 Å². The smallest absolute Gasteiger partial charge is 0.215 e. The fourth-order valence-electron chi connectivity index (χ4n) is 5.02. The maximum absolute atomic E-state index is 13.0. The van der Waals surface area contributed by atoms with Crippen LogP contribution in [0.25, 0.3) is 0 Å². The summed E-state index contributed by atoms with van der Waals surface area (Å²) >= 11 is 0. The predicted octanol–water partition coefficient (Wildman–Crippen LogP) is 2.62. The van der Waals surface area contributed by atoms with Crippen LogP contribution in [0, 0.1) is 16.7 Å². The second-order valence-corrected chi connectivity index (χ2v) is 10.0. The van der Waals surface area contributed by atoms with Gasteiger partial charge in [0.1, 0.15) is 0 Å². The topological polar surface area (TPSA) is 57.6 Å². The Morgan fingerprint density at radius 2 is 1.71 bits per heavy atom. The molecule has 0 aromatic carbocycles. The summed E-state index contributed by atoms with van der Waals surface area (Å²) < 4.78 is 27.6. The molecule has 21 heavy (non-hydrogen) atoms. The minimum absolute atomic E-state index is 0.0507. The summed E-state index contributed by atoms with van der Waals surface area (Å²) in [5, 5.41) is 10.5. The molecule has 0 aliphatic heterocycles. The number of sulfonamides is 1. The lowest BCUT2D eigenvalue weighted by molar-refractivity contribution is 0.0141. The quantitative estimate of drug-likeness (QED) is 0.848. The Morgan fingerprint density at radius 3 is 2.05 bits per heavy atom. The average molecular weight is 317 g/mol. The predicted molar refractivity (Wildman–Crippen MR) is 85.5 cm³/mol. The summed E-state index contributed by atoms with van der Waals surface area (Å²) in [6.45, 7) is 12.0. The van der Waals surface area contributed by atoms with Gasteiger partial charge in [-0.25, -0.2) is 8.42 Å². The van der Waals surface area contributed by atoms with Crippen LogP contribution < -0.4 is 0 Å². The van der Waals surface area contributed by atoms with E-state index in [-0.39, 0.29) is 23.3 Å². The van der Waals surface area contributed by atoms with Crippen molar-refractivity contribution < 1.29 is 13.5 Å². The molecule has 2 bridgehead atoms. The van der Waals surface area contributed by atoms with Crippen LogP contribution in [0.3, 0.4) is 0 Å². The third-order valence-electron chi connectivity index (χ3n) is 6.17. The Morgan fingerprint density at radius 1 is 1.19 bits per heavy atom. The van der Waals surface area contributed by atoms with Crippen molar-refractivity contribution in [2.24, 2.45) is 16.7 Å². The first-order valence-corrected chi connectivity index (χ1v) is 9.76. The van der Waals surface area contributed by atoms with Crippen molar-refractivity contribution in [3.05, 3.63) is 0 Å². The van der Waals surface area contributed by atoms with Gasteiger partial charge in [-0.05, 0) is 58.3 Å². The summed E-state index contributed by atoms with van der Waals surface area (Å²) in [5.41, 5.74) is -0.572. The van der Waals surface area contributed by atoms with Gasteiger partial charge in [-0.15, -0.1) is 0 Å². The van der Waals surface area contributed by atoms with Crippen molar-refractivity contribution in [2.75, 3.05) is 5.75 Å². The van der Waals surface area contributed by atoms with Crippen molar-refractivity contribution >= 4 is 10.0 Å². The maximum atomic E-state index is 13.0. The largest absolute Gasteiger partial charge is 0.392 e. The number of hydrogen-bond acceptors (Lipinski definition) is 3. The van der Waals surface area contributed by atoms with Crippen LogP contribution in [0.4, 0.5) is 0 Å². The minimum Gasteiger partial charge on any atom is -0.392 e. The fraction of sp³-hybridized carbons (Fsp3) is 1.00. The minimum atomic E-state index is -3.38. The van der Waals surface area contributed by atoms with E-state index in [1.165, 1.54) is 0 Å². The highest BCUT2D eigenvalue weighted by molar-refractivity contribution is 7.89. The molecule has 124 valence electrons. The molecule has 0 radical (unpaired) electrons. The zero-order chi connectivity index (χ0) is 16.2. The third-order valence-corrected chi connectivity index (χ3v) is 8.53. The van der Waals surface area contributed by atoms with E-state index in [0.717, 1.165) is 19.3 Å². The normalized spacial score (nSPS) is 35.3. The number of nitrogens with zero attached hydrogens (tertiary/aromatic N) is 1. The first kappa shape index (κ1) is 17.2. The van der Waals surface area contributed by atoms with Crippen LogP contribution in [-0.2, 0) is 10.0 Å². The summed E-state index contributed by atoms with van der Waals surface area (Å²) in [4.78, 5) is 0. The van der Waals surface area contributed by atoms with E-state index in [0.29, 0.717) is 5.92 Å². The van der Waals surface area contributed by atoms with Crippen LogP contribution in [0.2, 0.25) is 0 Å². The first-order valence-electron chi connectivity index (χ1n) is 8.15. The van der Waals surface area contributed by atoms with Gasteiger partial charge in [0, 0.05) is 17.5 Å². The highest BCUT2D eigenvalue weighted by Crippen LogP contribution is 2.66. The standard InChI is InChI=1S/C16H31NO3S/c1-11(2)17(12(3)4)21(19,20)10-16-8-7-13(9-14(16)18)15(16,5)6/h11-14,18H,7-10H2,1-6H3. The van der Waals surface area contributed by atoms with E-state index >= 15 is 0 Å². The van der Waals surface area contributed by atoms with E-state index in [1.807, 2.05) is 27.7 Å². The Labute approximate surface area is 130 Å². The zero-order valence-electron chi connectivity index (χ0n) is 14.3. The van der Waals surface area contributed by atoms with E-state index in [1.54, 1.807) is 4.31 Å². The van der Waals surface area contributed by atoms with E-state index < -0.39 is 21.5 Å². The Balaban J connectivity index is 2.36. The molecule has 0 amide bonds. The molecule has 1 N–H and O–H groups in total. The molecule has 0 spiro atoms. The molecule has 2 aliphatic rings. The SMILES string of the molecule is CC(C)N(C(C)C)S(=O)(=O)CC12CCC(CC1O)C2(C)C. The number of aliphatic hydroxyl groups is 1. The van der Waals surface area contributed by atoms with E-state index in [4.69, 9.17) is 0 Å². The molecule has 2 fully saturated rings. The first-order chi connectivity index (χ1) is 9.45. The lowest BCUT2D eigenvalue weighted by Crippen LogP contribution is -2.51. The molecule has 2 saturated carbocycles. The lowest BCUT2D eigenvalue weighted by atomic mass is 9.70. The lowest BCUT2D eigenvalue weighted by Gasteiger charge is -2.42. The number of aliphatic hydroxyl groups excluding tert-OH is 1. The molecule has 0 aromatic rings. The zero-order valence-corrected chi connectivity index (χ0v) is 15.1. The molecule has 3 atom stereocenters. The molecule has 0 saturated heterocycles. The van der Waals surface area contributed by atoms with Crippen molar-refractivity contribution in [1.82, 2.24) is 4.31 Å². The van der Waals surface area contributed by atoms with Crippen LogP contribution in [0.5, 0.6) is 0 Å². The molecule has 0 heterocycles. The molecule has 2 aliphatic carbocycles. The molecular formula is C16H31NO3S. The monoisotopic (exact) mass is 317 g/mol. The fourth-order valence-corrected chi connectivity index (χ4v) is 7.81. The van der Waals surface area contributed by atoms with Crippen LogP contribution in [0.1, 0.15) is 60.8 Å². The number of hydrogen-bond donors (Lipinski definition) is 1. The molecule has 0 aromatic heterocycles. The third kappa shape index (κ3) is 2.45.